The van der Waals surface area contributed by atoms with Crippen LogP contribution in [0, 0.1) is 0 Å². The number of aromatic nitrogens is 1. The van der Waals surface area contributed by atoms with Crippen LogP contribution >= 0.6 is 0 Å². The smallest absolute Gasteiger partial charge is 0.123 e. The van der Waals surface area contributed by atoms with Crippen LogP contribution in [-0.2, 0) is 5.41 Å². The Kier molecular flexibility index (Phi) is 3.70. The van der Waals surface area contributed by atoms with Crippen molar-refractivity contribution in [1.29, 1.82) is 0 Å². The normalized spacial score (nSPS) is 11.9. The molecule has 0 saturated carbocycles. The molecule has 0 bridgehead atoms. The first kappa shape index (κ1) is 13.3. The van der Waals surface area contributed by atoms with Crippen molar-refractivity contribution in [2.45, 2.75) is 26.2 Å². The van der Waals surface area contributed by atoms with Crippen LogP contribution in [0.3, 0.4) is 0 Å². The lowest BCUT2D eigenvalue weighted by Gasteiger charge is -2.18. The molecule has 1 heterocycles. The van der Waals surface area contributed by atoms with Gasteiger partial charge in [-0.3, -0.25) is 0 Å². The first-order valence-electron chi connectivity index (χ1n) is 6.45. The van der Waals surface area contributed by atoms with Gasteiger partial charge in [-0.15, -0.1) is 0 Å². The van der Waals surface area contributed by atoms with E-state index in [1.807, 2.05) is 18.2 Å². The van der Waals surface area contributed by atoms with Gasteiger partial charge >= 0.3 is 0 Å². The summed E-state index contributed by atoms with van der Waals surface area (Å²) in [6, 6.07) is 12.4. The molecule has 0 unspecified atom stereocenters. The molecule has 0 fully saturated rings. The van der Waals surface area contributed by atoms with E-state index in [9.17, 15) is 0 Å². The summed E-state index contributed by atoms with van der Waals surface area (Å²) in [5.74, 6) is 0.547. The Labute approximate surface area is 115 Å². The van der Waals surface area contributed by atoms with Gasteiger partial charge in [0.25, 0.3) is 0 Å². The second-order valence-electron chi connectivity index (χ2n) is 5.72. The lowest BCUT2D eigenvalue weighted by atomic mass is 9.87. The van der Waals surface area contributed by atoms with Gasteiger partial charge in [-0.2, -0.15) is 0 Å². The van der Waals surface area contributed by atoms with Crippen LogP contribution in [-0.4, -0.2) is 4.98 Å². The fourth-order valence-electron chi connectivity index (χ4n) is 1.86. The third-order valence-electron chi connectivity index (χ3n) is 3.05. The van der Waals surface area contributed by atoms with Gasteiger partial charge in [0.05, 0.1) is 0 Å². The van der Waals surface area contributed by atoms with Crippen LogP contribution in [0.4, 0.5) is 5.82 Å². The number of benzene rings is 1. The van der Waals surface area contributed by atoms with Crippen LogP contribution in [0.15, 0.2) is 42.6 Å². The van der Waals surface area contributed by atoms with Gasteiger partial charge in [0, 0.05) is 6.20 Å². The molecule has 2 N–H and O–H groups in total. The molecule has 2 nitrogen and oxygen atoms in total. The first-order chi connectivity index (χ1) is 8.95. The minimum absolute atomic E-state index is 0.196. The zero-order chi connectivity index (χ0) is 13.9. The topological polar surface area (TPSA) is 38.9 Å². The second-order valence-corrected chi connectivity index (χ2v) is 5.72. The number of anilines is 1. The summed E-state index contributed by atoms with van der Waals surface area (Å²) >= 11 is 0. The quantitative estimate of drug-likeness (QED) is 0.872. The van der Waals surface area contributed by atoms with Gasteiger partial charge in [-0.25, -0.2) is 4.98 Å². The standard InChI is InChI=1S/C17H20N2/c1-17(2,3)15-8-6-13(7-9-15)4-5-14-10-11-19-16(18)12-14/h4-12H,1-3H3,(H2,18,19)/b5-4+. The van der Waals surface area contributed by atoms with Crippen molar-refractivity contribution in [1.82, 2.24) is 4.98 Å². The van der Waals surface area contributed by atoms with Gasteiger partial charge < -0.3 is 5.73 Å². The molecule has 2 heteroatoms. The van der Waals surface area contributed by atoms with Crippen molar-refractivity contribution >= 4 is 18.0 Å². The van der Waals surface area contributed by atoms with Crippen LogP contribution in [0.25, 0.3) is 12.2 Å². The highest BCUT2D eigenvalue weighted by Gasteiger charge is 2.12. The molecule has 1 aromatic carbocycles. The van der Waals surface area contributed by atoms with Gasteiger partial charge in [0.2, 0.25) is 0 Å². The predicted molar refractivity (Wildman–Crippen MR) is 82.7 cm³/mol. The Bertz CT molecular complexity index is 575. The number of nitrogens with zero attached hydrogens (tertiary/aromatic N) is 1. The Balaban J connectivity index is 2.16. The summed E-state index contributed by atoms with van der Waals surface area (Å²) in [7, 11) is 0. The molecular formula is C17H20N2. The van der Waals surface area contributed by atoms with Crippen LogP contribution in [0.5, 0.6) is 0 Å². The van der Waals surface area contributed by atoms with E-state index in [4.69, 9.17) is 5.73 Å². The average Bonchev–Trinajstić information content (AvgIpc) is 2.36. The summed E-state index contributed by atoms with van der Waals surface area (Å²) in [6.07, 6.45) is 5.85. The molecule has 1 aromatic heterocycles. The summed E-state index contributed by atoms with van der Waals surface area (Å²) < 4.78 is 0. The zero-order valence-corrected chi connectivity index (χ0v) is 11.7. The van der Waals surface area contributed by atoms with Gasteiger partial charge in [-0.05, 0) is 34.2 Å². The van der Waals surface area contributed by atoms with Crippen molar-refractivity contribution in [2.75, 3.05) is 5.73 Å². The minimum Gasteiger partial charge on any atom is -0.384 e. The number of rotatable bonds is 2. The van der Waals surface area contributed by atoms with E-state index < -0.39 is 0 Å². The zero-order valence-electron chi connectivity index (χ0n) is 11.7. The third kappa shape index (κ3) is 3.68. The molecule has 0 amide bonds. The molecule has 98 valence electrons. The monoisotopic (exact) mass is 252 g/mol. The van der Waals surface area contributed by atoms with E-state index >= 15 is 0 Å². The second kappa shape index (κ2) is 5.27. The summed E-state index contributed by atoms with van der Waals surface area (Å²) in [6.45, 7) is 6.66. The van der Waals surface area contributed by atoms with Crippen molar-refractivity contribution in [3.63, 3.8) is 0 Å². The average molecular weight is 252 g/mol. The summed E-state index contributed by atoms with van der Waals surface area (Å²) in [5, 5.41) is 0. The molecule has 2 rings (SSSR count). The van der Waals surface area contributed by atoms with E-state index in [0.29, 0.717) is 5.82 Å². The van der Waals surface area contributed by atoms with Crippen LogP contribution < -0.4 is 5.73 Å². The number of hydrogen-bond acceptors (Lipinski definition) is 2. The highest BCUT2D eigenvalue weighted by atomic mass is 14.8. The highest BCUT2D eigenvalue weighted by molar-refractivity contribution is 5.70. The largest absolute Gasteiger partial charge is 0.384 e. The molecule has 0 aliphatic rings. The molecule has 0 aliphatic heterocycles. The van der Waals surface area contributed by atoms with E-state index in [2.05, 4.69) is 56.1 Å². The fourth-order valence-corrected chi connectivity index (χ4v) is 1.86. The predicted octanol–water partition coefficient (Wildman–Crippen LogP) is 4.13. The van der Waals surface area contributed by atoms with Crippen molar-refractivity contribution in [3.8, 4) is 0 Å². The lowest BCUT2D eigenvalue weighted by molar-refractivity contribution is 0.590. The van der Waals surface area contributed by atoms with E-state index in [1.54, 1.807) is 6.20 Å². The van der Waals surface area contributed by atoms with Crippen molar-refractivity contribution in [3.05, 3.63) is 59.3 Å². The van der Waals surface area contributed by atoms with E-state index in [0.717, 1.165) is 5.56 Å². The van der Waals surface area contributed by atoms with Gasteiger partial charge in [0.15, 0.2) is 0 Å². The van der Waals surface area contributed by atoms with Crippen LogP contribution in [0.2, 0.25) is 0 Å². The highest BCUT2D eigenvalue weighted by Crippen LogP contribution is 2.22. The molecule has 2 aromatic rings. The minimum atomic E-state index is 0.196. The number of pyridine rings is 1. The van der Waals surface area contributed by atoms with E-state index in [-0.39, 0.29) is 5.41 Å². The van der Waals surface area contributed by atoms with Crippen molar-refractivity contribution < 1.29 is 0 Å². The lowest BCUT2D eigenvalue weighted by Crippen LogP contribution is -2.10. The van der Waals surface area contributed by atoms with Gasteiger partial charge in [0.1, 0.15) is 5.82 Å². The maximum Gasteiger partial charge on any atom is 0.123 e. The summed E-state index contributed by atoms with van der Waals surface area (Å²) in [4.78, 5) is 3.98. The Morgan fingerprint density at radius 3 is 2.16 bits per heavy atom. The fraction of sp³-hybridized carbons (Fsp3) is 0.235. The van der Waals surface area contributed by atoms with Crippen LogP contribution in [0.1, 0.15) is 37.5 Å². The van der Waals surface area contributed by atoms with Crippen molar-refractivity contribution in [2.24, 2.45) is 0 Å². The molecule has 19 heavy (non-hydrogen) atoms. The molecular weight excluding hydrogens is 232 g/mol. The Hall–Kier alpha value is -2.09. The number of hydrogen-bond donors (Lipinski definition) is 1. The molecule has 0 aliphatic carbocycles. The SMILES string of the molecule is CC(C)(C)c1ccc(/C=C/c2ccnc(N)c2)cc1. The van der Waals surface area contributed by atoms with E-state index in [1.165, 1.54) is 11.1 Å². The Morgan fingerprint density at radius 2 is 1.58 bits per heavy atom. The third-order valence-corrected chi connectivity index (χ3v) is 3.05. The maximum absolute atomic E-state index is 5.65. The molecule has 0 saturated heterocycles. The number of nitrogens with two attached hydrogens (primary N) is 1. The molecule has 0 radical (unpaired) electrons. The van der Waals surface area contributed by atoms with Gasteiger partial charge in [-0.1, -0.05) is 57.2 Å². The summed E-state index contributed by atoms with van der Waals surface area (Å²) in [5.41, 5.74) is 9.44. The number of nitrogen functional groups attached to an aromatic ring is 1. The molecule has 0 atom stereocenters. The maximum atomic E-state index is 5.65. The molecule has 0 spiro atoms. The Morgan fingerprint density at radius 1 is 0.947 bits per heavy atom. The first-order valence-corrected chi connectivity index (χ1v) is 6.45.